The lowest BCUT2D eigenvalue weighted by atomic mass is 9.77. The molecule has 0 bridgehead atoms. The summed E-state index contributed by atoms with van der Waals surface area (Å²) in [7, 11) is 4.71. The first-order valence-corrected chi connectivity index (χ1v) is 9.04. The van der Waals surface area contributed by atoms with Gasteiger partial charge in [-0.15, -0.1) is 0 Å². The van der Waals surface area contributed by atoms with Crippen molar-refractivity contribution in [3.8, 4) is 11.5 Å². The standard InChI is InChI=1S/C20H22FNO5/c1-22-17(10-4-6-14(25-2)15(8-10)26-3)16-18(23)12-9-11(21)5-7-13(12)27-19(16)20(22)24/h4,6,8,11-13,17H,5,7,9H2,1-3H3. The van der Waals surface area contributed by atoms with Crippen LogP contribution in [-0.2, 0) is 14.3 Å². The van der Waals surface area contributed by atoms with Gasteiger partial charge in [-0.05, 0) is 37.0 Å². The van der Waals surface area contributed by atoms with E-state index >= 15 is 0 Å². The number of ketones is 1. The largest absolute Gasteiger partial charge is 0.493 e. The Morgan fingerprint density at radius 1 is 1.15 bits per heavy atom. The fourth-order valence-corrected chi connectivity index (χ4v) is 4.34. The summed E-state index contributed by atoms with van der Waals surface area (Å²) >= 11 is 0. The highest BCUT2D eigenvalue weighted by Crippen LogP contribution is 2.47. The molecule has 2 heterocycles. The van der Waals surface area contributed by atoms with E-state index in [-0.39, 0.29) is 23.9 Å². The quantitative estimate of drug-likeness (QED) is 0.813. The monoisotopic (exact) mass is 375 g/mol. The summed E-state index contributed by atoms with van der Waals surface area (Å²) in [5, 5.41) is 0. The van der Waals surface area contributed by atoms with E-state index in [0.29, 0.717) is 29.9 Å². The van der Waals surface area contributed by atoms with Gasteiger partial charge in [-0.1, -0.05) is 6.07 Å². The maximum Gasteiger partial charge on any atom is 0.289 e. The Hall–Kier alpha value is -2.57. The number of nitrogens with zero attached hydrogens (tertiary/aromatic N) is 1. The minimum atomic E-state index is -1.00. The lowest BCUT2D eigenvalue weighted by Gasteiger charge is -2.36. The molecule has 4 unspecified atom stereocenters. The van der Waals surface area contributed by atoms with E-state index in [1.54, 1.807) is 32.4 Å². The summed E-state index contributed by atoms with van der Waals surface area (Å²) in [6.07, 6.45) is -0.455. The molecule has 6 nitrogen and oxygen atoms in total. The number of hydrogen-bond acceptors (Lipinski definition) is 5. The molecule has 1 fully saturated rings. The minimum Gasteiger partial charge on any atom is -0.493 e. The number of hydrogen-bond donors (Lipinski definition) is 0. The molecule has 4 atom stereocenters. The molecule has 7 heteroatoms. The molecule has 1 saturated carbocycles. The topological polar surface area (TPSA) is 65.1 Å². The molecule has 0 N–H and O–H groups in total. The molecule has 1 aliphatic carbocycles. The fraction of sp³-hybridized carbons (Fsp3) is 0.500. The molecule has 1 amide bonds. The lowest BCUT2D eigenvalue weighted by molar-refractivity contribution is -0.135. The zero-order valence-corrected chi connectivity index (χ0v) is 15.5. The maximum absolute atomic E-state index is 13.9. The van der Waals surface area contributed by atoms with Crippen molar-refractivity contribution in [2.24, 2.45) is 5.92 Å². The number of rotatable bonds is 3. The predicted molar refractivity (Wildman–Crippen MR) is 94.2 cm³/mol. The molecule has 2 aliphatic heterocycles. The Labute approximate surface area is 156 Å². The maximum atomic E-state index is 13.9. The van der Waals surface area contributed by atoms with Gasteiger partial charge in [0.2, 0.25) is 0 Å². The molecule has 4 rings (SSSR count). The summed E-state index contributed by atoms with van der Waals surface area (Å²) in [6, 6.07) is 4.70. The van der Waals surface area contributed by atoms with E-state index in [1.807, 2.05) is 0 Å². The van der Waals surface area contributed by atoms with Crippen LogP contribution in [0.2, 0.25) is 0 Å². The zero-order valence-electron chi connectivity index (χ0n) is 15.5. The SMILES string of the molecule is COc1ccc(C2C3=C(OC4CCC(F)CC4C3=O)C(=O)N2C)cc1OC. The number of alkyl halides is 1. The number of fused-ring (bicyclic) bond motifs is 1. The third-order valence-electron chi connectivity index (χ3n) is 5.74. The van der Waals surface area contributed by atoms with Crippen LogP contribution in [0.1, 0.15) is 30.9 Å². The number of likely N-dealkylation sites (N-methyl/N-ethyl adjacent to an activating group) is 1. The van der Waals surface area contributed by atoms with Crippen LogP contribution < -0.4 is 9.47 Å². The van der Waals surface area contributed by atoms with Gasteiger partial charge in [-0.3, -0.25) is 9.59 Å². The van der Waals surface area contributed by atoms with Crippen LogP contribution in [0, 0.1) is 5.92 Å². The molecule has 0 aromatic heterocycles. The Balaban J connectivity index is 1.77. The Morgan fingerprint density at radius 2 is 1.89 bits per heavy atom. The predicted octanol–water partition coefficient (Wildman–Crippen LogP) is 2.58. The number of carbonyl (C=O) groups is 2. The van der Waals surface area contributed by atoms with Crippen molar-refractivity contribution in [3.05, 3.63) is 35.1 Å². The van der Waals surface area contributed by atoms with Crippen molar-refractivity contribution in [1.29, 1.82) is 0 Å². The number of benzene rings is 1. The molecule has 0 saturated heterocycles. The van der Waals surface area contributed by atoms with Gasteiger partial charge in [-0.25, -0.2) is 4.39 Å². The third kappa shape index (κ3) is 2.67. The van der Waals surface area contributed by atoms with Crippen molar-refractivity contribution in [2.75, 3.05) is 21.3 Å². The normalized spacial score (nSPS) is 30.0. The first-order chi connectivity index (χ1) is 13.0. The average molecular weight is 375 g/mol. The van der Waals surface area contributed by atoms with Crippen molar-refractivity contribution >= 4 is 11.7 Å². The molecule has 1 aromatic rings. The smallest absolute Gasteiger partial charge is 0.289 e. The first kappa shape index (κ1) is 17.8. The molecule has 1 aromatic carbocycles. The first-order valence-electron chi connectivity index (χ1n) is 9.04. The van der Waals surface area contributed by atoms with Crippen molar-refractivity contribution in [1.82, 2.24) is 4.90 Å². The van der Waals surface area contributed by atoms with Crippen LogP contribution in [0.15, 0.2) is 29.5 Å². The van der Waals surface area contributed by atoms with Gasteiger partial charge < -0.3 is 19.1 Å². The number of ether oxygens (including phenoxy) is 3. The Bertz CT molecular complexity index is 836. The fourth-order valence-electron chi connectivity index (χ4n) is 4.34. The lowest BCUT2D eigenvalue weighted by Crippen LogP contribution is -2.42. The van der Waals surface area contributed by atoms with Crippen molar-refractivity contribution in [3.63, 3.8) is 0 Å². The summed E-state index contributed by atoms with van der Waals surface area (Å²) in [5.74, 6) is 0.144. The second-order valence-electron chi connectivity index (χ2n) is 7.21. The van der Waals surface area contributed by atoms with Crippen molar-refractivity contribution < 1.29 is 28.2 Å². The second-order valence-corrected chi connectivity index (χ2v) is 7.21. The highest BCUT2D eigenvalue weighted by molar-refractivity contribution is 6.11. The van der Waals surface area contributed by atoms with Crippen LogP contribution in [0.4, 0.5) is 4.39 Å². The van der Waals surface area contributed by atoms with E-state index < -0.39 is 24.2 Å². The minimum absolute atomic E-state index is 0.112. The summed E-state index contributed by atoms with van der Waals surface area (Å²) in [6.45, 7) is 0. The van der Waals surface area contributed by atoms with E-state index in [1.165, 1.54) is 12.0 Å². The van der Waals surface area contributed by atoms with Crippen LogP contribution in [0.5, 0.6) is 11.5 Å². The average Bonchev–Trinajstić information content (AvgIpc) is 2.93. The number of methoxy groups -OCH3 is 2. The summed E-state index contributed by atoms with van der Waals surface area (Å²) in [4.78, 5) is 27.4. The highest BCUT2D eigenvalue weighted by atomic mass is 19.1. The number of carbonyl (C=O) groups excluding carboxylic acids is 2. The van der Waals surface area contributed by atoms with E-state index in [9.17, 15) is 14.0 Å². The van der Waals surface area contributed by atoms with Gasteiger partial charge in [0.05, 0.1) is 31.8 Å². The molecular formula is C20H22FNO5. The van der Waals surface area contributed by atoms with Crippen LogP contribution in [-0.4, -0.2) is 50.1 Å². The number of amides is 1. The van der Waals surface area contributed by atoms with Crippen LogP contribution in [0.25, 0.3) is 0 Å². The number of halogens is 1. The molecule has 144 valence electrons. The summed E-state index contributed by atoms with van der Waals surface area (Å²) in [5.41, 5.74) is 1.04. The van der Waals surface area contributed by atoms with Gasteiger partial charge in [0.1, 0.15) is 12.3 Å². The van der Waals surface area contributed by atoms with Gasteiger partial charge >= 0.3 is 0 Å². The highest BCUT2D eigenvalue weighted by Gasteiger charge is 2.52. The van der Waals surface area contributed by atoms with Gasteiger partial charge in [0, 0.05) is 7.05 Å². The summed E-state index contributed by atoms with van der Waals surface area (Å²) < 4.78 is 30.4. The molecule has 27 heavy (non-hydrogen) atoms. The third-order valence-corrected chi connectivity index (χ3v) is 5.74. The van der Waals surface area contributed by atoms with Gasteiger partial charge in [0.15, 0.2) is 23.0 Å². The van der Waals surface area contributed by atoms with Crippen LogP contribution in [0.3, 0.4) is 0 Å². The Morgan fingerprint density at radius 3 is 2.59 bits per heavy atom. The van der Waals surface area contributed by atoms with Crippen LogP contribution >= 0.6 is 0 Å². The molecule has 3 aliphatic rings. The van der Waals surface area contributed by atoms with E-state index in [2.05, 4.69) is 0 Å². The van der Waals surface area contributed by atoms with Gasteiger partial charge in [-0.2, -0.15) is 0 Å². The molecule has 0 radical (unpaired) electrons. The zero-order chi connectivity index (χ0) is 19.3. The second kappa shape index (κ2) is 6.55. The number of Topliss-reactive ketones (excluding diaryl/α,β-unsaturated/α-hetero) is 1. The van der Waals surface area contributed by atoms with E-state index in [0.717, 1.165) is 5.56 Å². The molecular weight excluding hydrogens is 353 g/mol. The van der Waals surface area contributed by atoms with Gasteiger partial charge in [0.25, 0.3) is 5.91 Å². The molecule has 0 spiro atoms. The van der Waals surface area contributed by atoms with Crippen molar-refractivity contribution in [2.45, 2.75) is 37.6 Å². The Kier molecular flexibility index (Phi) is 4.32. The van der Waals surface area contributed by atoms with E-state index in [4.69, 9.17) is 14.2 Å².